The third kappa shape index (κ3) is 4.67. The number of nitrogens with zero attached hydrogens (tertiary/aromatic N) is 2. The average Bonchev–Trinajstić information content (AvgIpc) is 2.86. The second-order valence-electron chi connectivity index (χ2n) is 7.73. The Kier molecular flexibility index (Phi) is 6.58. The summed E-state index contributed by atoms with van der Waals surface area (Å²) in [5.41, 5.74) is 5.29. The van der Waals surface area contributed by atoms with Crippen molar-refractivity contribution in [3.8, 4) is 11.5 Å². The molecule has 0 saturated heterocycles. The third-order valence-electron chi connectivity index (χ3n) is 5.78. The summed E-state index contributed by atoms with van der Waals surface area (Å²) >= 11 is 0. The fraction of sp³-hybridized carbons (Fsp3) is 0.333. The molecule has 1 unspecified atom stereocenters. The highest BCUT2D eigenvalue weighted by Crippen LogP contribution is 2.41. The maximum atomic E-state index is 13.2. The molecule has 9 nitrogen and oxygen atoms in total. The molecule has 2 heterocycles. The molecule has 33 heavy (non-hydrogen) atoms. The molecule has 4 rings (SSSR count). The summed E-state index contributed by atoms with van der Waals surface area (Å²) in [7, 11) is 3.16. The predicted octanol–water partition coefficient (Wildman–Crippen LogP) is 1.99. The summed E-state index contributed by atoms with van der Waals surface area (Å²) in [6.07, 6.45) is 0.966. The highest BCUT2D eigenvalue weighted by atomic mass is 16.5. The molecule has 0 aromatic heterocycles. The van der Waals surface area contributed by atoms with Gasteiger partial charge < -0.3 is 19.1 Å². The van der Waals surface area contributed by atoms with Crippen molar-refractivity contribution in [1.82, 2.24) is 10.3 Å². The van der Waals surface area contributed by atoms with Gasteiger partial charge in [0, 0.05) is 19.4 Å². The number of ether oxygens (including phenoxy) is 3. The highest BCUT2D eigenvalue weighted by Gasteiger charge is 2.34. The molecule has 0 radical (unpaired) electrons. The van der Waals surface area contributed by atoms with Crippen molar-refractivity contribution >= 4 is 23.5 Å². The Labute approximate surface area is 191 Å². The minimum Gasteiger partial charge on any atom is -0.493 e. The number of esters is 1. The van der Waals surface area contributed by atoms with E-state index < -0.39 is 12.6 Å². The number of carbonyl (C=O) groups excluding carboxylic acids is 3. The summed E-state index contributed by atoms with van der Waals surface area (Å²) in [6, 6.07) is 13.2. The summed E-state index contributed by atoms with van der Waals surface area (Å²) in [6.45, 7) is 0.0349. The molecule has 2 aliphatic rings. The predicted molar refractivity (Wildman–Crippen MR) is 119 cm³/mol. The molecule has 0 aliphatic carbocycles. The first-order chi connectivity index (χ1) is 16.0. The summed E-state index contributed by atoms with van der Waals surface area (Å²) in [5.74, 6) is -0.0683. The second kappa shape index (κ2) is 9.72. The van der Waals surface area contributed by atoms with Crippen molar-refractivity contribution in [1.29, 1.82) is 0 Å². The van der Waals surface area contributed by atoms with Crippen LogP contribution in [0.3, 0.4) is 0 Å². The normalized spacial score (nSPS) is 17.4. The Morgan fingerprint density at radius 2 is 1.79 bits per heavy atom. The number of hydrazone groups is 1. The van der Waals surface area contributed by atoms with E-state index in [9.17, 15) is 14.4 Å². The molecule has 9 heteroatoms. The van der Waals surface area contributed by atoms with Crippen LogP contribution >= 0.6 is 0 Å². The zero-order chi connectivity index (χ0) is 23.4. The van der Waals surface area contributed by atoms with Crippen molar-refractivity contribution in [3.05, 3.63) is 59.2 Å². The lowest BCUT2D eigenvalue weighted by atomic mass is 9.87. The fourth-order valence-electron chi connectivity index (χ4n) is 4.12. The third-order valence-corrected chi connectivity index (χ3v) is 5.78. The lowest BCUT2D eigenvalue weighted by molar-refractivity contribution is -0.148. The molecule has 1 N–H and O–H groups in total. The van der Waals surface area contributed by atoms with Crippen LogP contribution in [0, 0.1) is 0 Å². The van der Waals surface area contributed by atoms with E-state index in [4.69, 9.17) is 14.2 Å². The van der Waals surface area contributed by atoms with Crippen LogP contribution in [0.25, 0.3) is 0 Å². The topological polar surface area (TPSA) is 107 Å². The van der Waals surface area contributed by atoms with Crippen LogP contribution in [0.1, 0.15) is 35.6 Å². The van der Waals surface area contributed by atoms with Crippen LogP contribution < -0.4 is 14.9 Å². The number of nitrogens with one attached hydrogen (secondary N) is 1. The lowest BCUT2D eigenvalue weighted by Crippen LogP contribution is -2.43. The SMILES string of the molecule is COc1cc2c(cc1OC)C(c1ccccc1)N(C(=O)COC(=O)C1=NNC(=O)CC1)CC2. The van der Waals surface area contributed by atoms with Gasteiger partial charge in [-0.25, -0.2) is 10.2 Å². The average molecular weight is 451 g/mol. The van der Waals surface area contributed by atoms with Gasteiger partial charge in [-0.15, -0.1) is 0 Å². The number of benzene rings is 2. The van der Waals surface area contributed by atoms with E-state index in [1.807, 2.05) is 42.5 Å². The van der Waals surface area contributed by atoms with E-state index in [0.717, 1.165) is 16.7 Å². The number of methoxy groups -OCH3 is 2. The summed E-state index contributed by atoms with van der Waals surface area (Å²) in [4.78, 5) is 38.4. The summed E-state index contributed by atoms with van der Waals surface area (Å²) < 4.78 is 16.2. The van der Waals surface area contributed by atoms with Crippen molar-refractivity contribution in [2.75, 3.05) is 27.4 Å². The van der Waals surface area contributed by atoms with Crippen LogP contribution in [0.4, 0.5) is 0 Å². The van der Waals surface area contributed by atoms with E-state index in [1.54, 1.807) is 19.1 Å². The molecular formula is C24H25N3O6. The zero-order valence-electron chi connectivity index (χ0n) is 18.5. The molecule has 0 saturated carbocycles. The van der Waals surface area contributed by atoms with Gasteiger partial charge >= 0.3 is 5.97 Å². The van der Waals surface area contributed by atoms with Gasteiger partial charge in [0.15, 0.2) is 18.1 Å². The van der Waals surface area contributed by atoms with Crippen LogP contribution in [0.15, 0.2) is 47.6 Å². The van der Waals surface area contributed by atoms with Crippen LogP contribution in [-0.2, 0) is 25.5 Å². The van der Waals surface area contributed by atoms with Gasteiger partial charge in [0.25, 0.3) is 5.91 Å². The maximum absolute atomic E-state index is 13.2. The Hall–Kier alpha value is -3.88. The first kappa shape index (κ1) is 22.3. The van der Waals surface area contributed by atoms with Gasteiger partial charge in [0.2, 0.25) is 5.91 Å². The summed E-state index contributed by atoms with van der Waals surface area (Å²) in [5, 5.41) is 3.72. The molecular weight excluding hydrogens is 426 g/mol. The molecule has 0 spiro atoms. The lowest BCUT2D eigenvalue weighted by Gasteiger charge is -2.38. The number of rotatable bonds is 6. The standard InChI is InChI=1S/C24H25N3O6/c1-31-19-12-16-10-11-27(22(29)14-33-24(30)18-8-9-21(28)26-25-18)23(15-6-4-3-5-7-15)17(16)13-20(19)32-2/h3-7,12-13,23H,8-11,14H2,1-2H3,(H,26,28). The molecule has 1 atom stereocenters. The zero-order valence-corrected chi connectivity index (χ0v) is 18.5. The first-order valence-electron chi connectivity index (χ1n) is 10.6. The smallest absolute Gasteiger partial charge is 0.355 e. The van der Waals surface area contributed by atoms with E-state index in [1.165, 1.54) is 0 Å². The molecule has 2 aromatic carbocycles. The molecule has 2 aromatic rings. The van der Waals surface area contributed by atoms with E-state index in [0.29, 0.717) is 24.5 Å². The van der Waals surface area contributed by atoms with Gasteiger partial charge in [0.05, 0.1) is 20.3 Å². The van der Waals surface area contributed by atoms with Crippen molar-refractivity contribution in [3.63, 3.8) is 0 Å². The quantitative estimate of drug-likeness (QED) is 0.674. The molecule has 0 bridgehead atoms. The monoisotopic (exact) mass is 451 g/mol. The Bertz CT molecular complexity index is 1100. The van der Waals surface area contributed by atoms with Crippen molar-refractivity contribution in [2.45, 2.75) is 25.3 Å². The van der Waals surface area contributed by atoms with E-state index >= 15 is 0 Å². The minimum atomic E-state index is -0.705. The van der Waals surface area contributed by atoms with Crippen LogP contribution in [-0.4, -0.2) is 55.8 Å². The van der Waals surface area contributed by atoms with Crippen LogP contribution in [0.2, 0.25) is 0 Å². The Balaban J connectivity index is 1.59. The largest absolute Gasteiger partial charge is 0.493 e. The second-order valence-corrected chi connectivity index (χ2v) is 7.73. The number of hydrogen-bond donors (Lipinski definition) is 1. The van der Waals surface area contributed by atoms with E-state index in [-0.39, 0.29) is 36.4 Å². The highest BCUT2D eigenvalue weighted by molar-refractivity contribution is 6.37. The van der Waals surface area contributed by atoms with Gasteiger partial charge in [-0.1, -0.05) is 30.3 Å². The minimum absolute atomic E-state index is 0.0998. The number of fused-ring (bicyclic) bond motifs is 1. The van der Waals surface area contributed by atoms with Crippen LogP contribution in [0.5, 0.6) is 11.5 Å². The fourth-order valence-corrected chi connectivity index (χ4v) is 4.12. The van der Waals surface area contributed by atoms with Gasteiger partial charge in [-0.2, -0.15) is 5.10 Å². The van der Waals surface area contributed by atoms with E-state index in [2.05, 4.69) is 10.5 Å². The van der Waals surface area contributed by atoms with Crippen molar-refractivity contribution < 1.29 is 28.6 Å². The number of hydrogen-bond acceptors (Lipinski definition) is 7. The Morgan fingerprint density at radius 1 is 1.06 bits per heavy atom. The van der Waals surface area contributed by atoms with Gasteiger partial charge in [-0.3, -0.25) is 9.59 Å². The van der Waals surface area contributed by atoms with Gasteiger partial charge in [-0.05, 0) is 35.2 Å². The molecule has 2 aliphatic heterocycles. The molecule has 0 fully saturated rings. The maximum Gasteiger partial charge on any atom is 0.355 e. The Morgan fingerprint density at radius 3 is 2.45 bits per heavy atom. The van der Waals surface area contributed by atoms with Crippen molar-refractivity contribution in [2.24, 2.45) is 5.10 Å². The first-order valence-corrected chi connectivity index (χ1v) is 10.6. The molecule has 172 valence electrons. The number of carbonyl (C=O) groups is 3. The van der Waals surface area contributed by atoms with Gasteiger partial charge in [0.1, 0.15) is 5.71 Å². The molecule has 2 amide bonds. The number of amides is 2.